The van der Waals surface area contributed by atoms with Gasteiger partial charge in [-0.25, -0.2) is 0 Å². The number of hydrogen-bond donors (Lipinski definition) is 1. The van der Waals surface area contributed by atoms with E-state index in [1.165, 1.54) is 12.8 Å². The Kier molecular flexibility index (Phi) is 5.64. The third-order valence-electron chi connectivity index (χ3n) is 5.70. The number of amides is 1. The number of rotatable bonds is 5. The first-order valence-electron chi connectivity index (χ1n) is 9.41. The smallest absolute Gasteiger partial charge is 0.251 e. The van der Waals surface area contributed by atoms with Crippen LogP contribution in [0.1, 0.15) is 60.5 Å². The zero-order valence-corrected chi connectivity index (χ0v) is 16.0. The number of nitrogens with zero attached hydrogens (tertiary/aromatic N) is 1. The summed E-state index contributed by atoms with van der Waals surface area (Å²) in [5.74, 6) is 2.67. The van der Waals surface area contributed by atoms with E-state index in [1.807, 2.05) is 38.1 Å². The van der Waals surface area contributed by atoms with E-state index < -0.39 is 0 Å². The van der Waals surface area contributed by atoms with Gasteiger partial charge in [0.05, 0.1) is 11.3 Å². The molecule has 5 nitrogen and oxygen atoms in total. The molecular weight excluding hydrogens is 328 g/mol. The van der Waals surface area contributed by atoms with Crippen LogP contribution < -0.4 is 10.1 Å². The highest BCUT2D eigenvalue weighted by Crippen LogP contribution is 2.29. The van der Waals surface area contributed by atoms with Gasteiger partial charge < -0.3 is 14.6 Å². The molecule has 1 fully saturated rings. The number of hydrogen-bond acceptors (Lipinski definition) is 4. The average Bonchev–Trinajstić information content (AvgIpc) is 2.95. The SMILES string of the molecule is Cc1noc(C)c1COc1ccc(C(=O)N[C@H]2CCC[C@@H](C)[C@@H]2C)cc1. The van der Waals surface area contributed by atoms with E-state index in [2.05, 4.69) is 24.3 Å². The minimum Gasteiger partial charge on any atom is -0.489 e. The number of nitrogens with one attached hydrogen (secondary N) is 1. The van der Waals surface area contributed by atoms with Gasteiger partial charge in [0.25, 0.3) is 5.91 Å². The molecule has 0 spiro atoms. The number of ether oxygens (including phenoxy) is 1. The van der Waals surface area contributed by atoms with Crippen molar-refractivity contribution in [3.63, 3.8) is 0 Å². The fourth-order valence-electron chi connectivity index (χ4n) is 3.60. The van der Waals surface area contributed by atoms with E-state index >= 15 is 0 Å². The topological polar surface area (TPSA) is 64.4 Å². The highest BCUT2D eigenvalue weighted by Gasteiger charge is 2.28. The van der Waals surface area contributed by atoms with Crippen molar-refractivity contribution in [3.8, 4) is 5.75 Å². The van der Waals surface area contributed by atoms with Crippen LogP contribution in [0.2, 0.25) is 0 Å². The molecule has 0 unspecified atom stereocenters. The Morgan fingerprint density at radius 1 is 1.23 bits per heavy atom. The Labute approximate surface area is 155 Å². The van der Waals surface area contributed by atoms with Crippen molar-refractivity contribution >= 4 is 5.91 Å². The second kappa shape index (κ2) is 7.94. The largest absolute Gasteiger partial charge is 0.489 e. The maximum absolute atomic E-state index is 12.5. The predicted molar refractivity (Wildman–Crippen MR) is 100 cm³/mol. The number of carbonyl (C=O) groups excluding carboxylic acids is 1. The Morgan fingerprint density at radius 3 is 2.62 bits per heavy atom. The molecule has 0 bridgehead atoms. The summed E-state index contributed by atoms with van der Waals surface area (Å²) in [7, 11) is 0. The predicted octanol–water partition coefficient (Wildman–Crippen LogP) is 4.42. The van der Waals surface area contributed by atoms with Gasteiger partial charge in [0, 0.05) is 11.6 Å². The van der Waals surface area contributed by atoms with Gasteiger partial charge in [0.15, 0.2) is 0 Å². The van der Waals surface area contributed by atoms with Gasteiger partial charge in [0.1, 0.15) is 18.1 Å². The summed E-state index contributed by atoms with van der Waals surface area (Å²) in [5, 5.41) is 7.13. The van der Waals surface area contributed by atoms with Crippen LogP contribution in [0.5, 0.6) is 5.75 Å². The van der Waals surface area contributed by atoms with E-state index in [9.17, 15) is 4.79 Å². The lowest BCUT2D eigenvalue weighted by atomic mass is 9.78. The van der Waals surface area contributed by atoms with Crippen molar-refractivity contribution in [2.45, 2.75) is 59.6 Å². The van der Waals surface area contributed by atoms with E-state index in [-0.39, 0.29) is 11.9 Å². The molecule has 1 aliphatic carbocycles. The van der Waals surface area contributed by atoms with Gasteiger partial charge in [-0.2, -0.15) is 0 Å². The minimum absolute atomic E-state index is 0.00627. The lowest BCUT2D eigenvalue weighted by Gasteiger charge is -2.34. The van der Waals surface area contributed by atoms with Crippen LogP contribution in [0.15, 0.2) is 28.8 Å². The average molecular weight is 356 g/mol. The standard InChI is InChI=1S/C21H28N2O3/c1-13-6-5-7-20(14(13)2)22-21(24)17-8-10-18(11-9-17)25-12-19-15(3)23-26-16(19)4/h8-11,13-14,20H,5-7,12H2,1-4H3,(H,22,24)/t13-,14+,20+/m1/s1. The molecule has 26 heavy (non-hydrogen) atoms. The summed E-state index contributed by atoms with van der Waals surface area (Å²) in [4.78, 5) is 12.5. The summed E-state index contributed by atoms with van der Waals surface area (Å²) in [6.07, 6.45) is 3.51. The second-order valence-corrected chi connectivity index (χ2v) is 7.46. The van der Waals surface area contributed by atoms with Gasteiger partial charge in [0.2, 0.25) is 0 Å². The second-order valence-electron chi connectivity index (χ2n) is 7.46. The van der Waals surface area contributed by atoms with Gasteiger partial charge in [-0.3, -0.25) is 4.79 Å². The Hall–Kier alpha value is -2.30. The molecule has 3 atom stereocenters. The minimum atomic E-state index is -0.00627. The summed E-state index contributed by atoms with van der Waals surface area (Å²) in [6.45, 7) is 8.69. The molecule has 0 saturated heterocycles. The lowest BCUT2D eigenvalue weighted by Crippen LogP contribution is -2.43. The molecule has 1 saturated carbocycles. The van der Waals surface area contributed by atoms with Crippen LogP contribution in [-0.4, -0.2) is 17.1 Å². The monoisotopic (exact) mass is 356 g/mol. The zero-order valence-electron chi connectivity index (χ0n) is 16.0. The number of benzene rings is 1. The molecule has 0 radical (unpaired) electrons. The zero-order chi connectivity index (χ0) is 18.7. The molecule has 3 rings (SSSR count). The quantitative estimate of drug-likeness (QED) is 0.861. The number of aromatic nitrogens is 1. The van der Waals surface area contributed by atoms with E-state index in [4.69, 9.17) is 9.26 Å². The highest BCUT2D eigenvalue weighted by molar-refractivity contribution is 5.94. The van der Waals surface area contributed by atoms with Gasteiger partial charge in [-0.05, 0) is 56.4 Å². The molecule has 5 heteroatoms. The number of aryl methyl sites for hydroxylation is 2. The first-order chi connectivity index (χ1) is 12.5. The Morgan fingerprint density at radius 2 is 1.96 bits per heavy atom. The van der Waals surface area contributed by atoms with Gasteiger partial charge in [-0.15, -0.1) is 0 Å². The third kappa shape index (κ3) is 4.09. The molecular formula is C21H28N2O3. The van der Waals surface area contributed by atoms with Gasteiger partial charge in [-0.1, -0.05) is 31.8 Å². The van der Waals surface area contributed by atoms with Crippen molar-refractivity contribution in [1.29, 1.82) is 0 Å². The Bertz CT molecular complexity index is 732. The van der Waals surface area contributed by atoms with Crippen molar-refractivity contribution < 1.29 is 14.1 Å². The fourth-order valence-corrected chi connectivity index (χ4v) is 3.60. The van der Waals surface area contributed by atoms with Crippen LogP contribution in [0.3, 0.4) is 0 Å². The highest BCUT2D eigenvalue weighted by atomic mass is 16.5. The Balaban J connectivity index is 1.57. The molecule has 1 amide bonds. The van der Waals surface area contributed by atoms with Crippen molar-refractivity contribution in [2.75, 3.05) is 0 Å². The van der Waals surface area contributed by atoms with Crippen LogP contribution in [0.4, 0.5) is 0 Å². The third-order valence-corrected chi connectivity index (χ3v) is 5.70. The maximum Gasteiger partial charge on any atom is 0.251 e. The molecule has 1 aromatic heterocycles. The van der Waals surface area contributed by atoms with E-state index in [1.54, 1.807) is 0 Å². The van der Waals surface area contributed by atoms with E-state index in [0.717, 1.165) is 29.2 Å². The molecule has 1 N–H and O–H groups in total. The van der Waals surface area contributed by atoms with Crippen LogP contribution in [0, 0.1) is 25.7 Å². The van der Waals surface area contributed by atoms with Gasteiger partial charge >= 0.3 is 0 Å². The molecule has 140 valence electrons. The van der Waals surface area contributed by atoms with Crippen LogP contribution >= 0.6 is 0 Å². The van der Waals surface area contributed by atoms with Crippen molar-refractivity contribution in [1.82, 2.24) is 10.5 Å². The first kappa shape index (κ1) is 18.5. The molecule has 1 aliphatic rings. The molecule has 0 aliphatic heterocycles. The van der Waals surface area contributed by atoms with Crippen LogP contribution in [-0.2, 0) is 6.61 Å². The molecule has 1 aromatic carbocycles. The first-order valence-corrected chi connectivity index (χ1v) is 9.41. The summed E-state index contributed by atoms with van der Waals surface area (Å²) < 4.78 is 10.9. The molecule has 1 heterocycles. The lowest BCUT2D eigenvalue weighted by molar-refractivity contribution is 0.0891. The number of carbonyl (C=O) groups is 1. The summed E-state index contributed by atoms with van der Waals surface area (Å²) in [5.41, 5.74) is 2.47. The molecule has 2 aromatic rings. The summed E-state index contributed by atoms with van der Waals surface area (Å²) in [6, 6.07) is 7.56. The normalized spacial score (nSPS) is 22.8. The van der Waals surface area contributed by atoms with Crippen LogP contribution in [0.25, 0.3) is 0 Å². The van der Waals surface area contributed by atoms with Crippen molar-refractivity contribution in [2.24, 2.45) is 11.8 Å². The maximum atomic E-state index is 12.5. The summed E-state index contributed by atoms with van der Waals surface area (Å²) >= 11 is 0. The van der Waals surface area contributed by atoms with E-state index in [0.29, 0.717) is 24.0 Å². The van der Waals surface area contributed by atoms with Crippen molar-refractivity contribution in [3.05, 3.63) is 46.8 Å². The fraction of sp³-hybridized carbons (Fsp3) is 0.524.